The first-order chi connectivity index (χ1) is 7.81. The van der Waals surface area contributed by atoms with Crippen LogP contribution < -0.4 is 11.1 Å². The van der Waals surface area contributed by atoms with E-state index in [1.54, 1.807) is 0 Å². The summed E-state index contributed by atoms with van der Waals surface area (Å²) in [4.78, 5) is 2.21. The standard InChI is InChI=1S/C14H33N3/c1-12(2)9-14(11-15,10-13(3)4)16-7-8-17(5)6/h12-13,16H,7-11,15H2,1-6H3. The molecule has 0 aliphatic rings. The van der Waals surface area contributed by atoms with E-state index in [2.05, 4.69) is 52.0 Å². The lowest BCUT2D eigenvalue weighted by molar-refractivity contribution is 0.222. The SMILES string of the molecule is CC(C)CC(CN)(CC(C)C)NCCN(C)C. The molecule has 0 bridgehead atoms. The van der Waals surface area contributed by atoms with E-state index in [1.165, 1.54) is 0 Å². The van der Waals surface area contributed by atoms with Crippen LogP contribution in [0.5, 0.6) is 0 Å². The van der Waals surface area contributed by atoms with Gasteiger partial charge in [0.2, 0.25) is 0 Å². The summed E-state index contributed by atoms with van der Waals surface area (Å²) in [6, 6.07) is 0. The lowest BCUT2D eigenvalue weighted by Crippen LogP contribution is -2.54. The Labute approximate surface area is 108 Å². The van der Waals surface area contributed by atoms with Crippen LogP contribution >= 0.6 is 0 Å². The van der Waals surface area contributed by atoms with Gasteiger partial charge in [-0.05, 0) is 38.8 Å². The van der Waals surface area contributed by atoms with Crippen LogP contribution in [0.15, 0.2) is 0 Å². The van der Waals surface area contributed by atoms with Crippen molar-refractivity contribution in [2.24, 2.45) is 17.6 Å². The summed E-state index contributed by atoms with van der Waals surface area (Å²) in [6.45, 7) is 11.9. The molecular weight excluding hydrogens is 210 g/mol. The number of likely N-dealkylation sites (N-methyl/N-ethyl adjacent to an activating group) is 1. The third-order valence-electron chi connectivity index (χ3n) is 3.05. The van der Waals surface area contributed by atoms with Crippen molar-refractivity contribution < 1.29 is 0 Å². The average molecular weight is 243 g/mol. The molecule has 17 heavy (non-hydrogen) atoms. The van der Waals surface area contributed by atoms with E-state index >= 15 is 0 Å². The molecule has 104 valence electrons. The summed E-state index contributed by atoms with van der Waals surface area (Å²) < 4.78 is 0. The zero-order chi connectivity index (χ0) is 13.5. The Morgan fingerprint density at radius 1 is 1.06 bits per heavy atom. The smallest absolute Gasteiger partial charge is 0.0309 e. The predicted molar refractivity (Wildman–Crippen MR) is 77.3 cm³/mol. The van der Waals surface area contributed by atoms with Crippen molar-refractivity contribution in [2.75, 3.05) is 33.7 Å². The highest BCUT2D eigenvalue weighted by Crippen LogP contribution is 2.23. The zero-order valence-electron chi connectivity index (χ0n) is 12.7. The molecule has 3 heteroatoms. The van der Waals surface area contributed by atoms with E-state index < -0.39 is 0 Å². The van der Waals surface area contributed by atoms with Crippen LogP contribution in [0.25, 0.3) is 0 Å². The number of nitrogens with two attached hydrogens (primary N) is 1. The molecule has 0 spiro atoms. The van der Waals surface area contributed by atoms with E-state index in [1.807, 2.05) is 0 Å². The molecule has 0 aromatic heterocycles. The second-order valence-electron chi connectivity index (χ2n) is 6.41. The maximum atomic E-state index is 6.05. The van der Waals surface area contributed by atoms with Crippen molar-refractivity contribution in [2.45, 2.75) is 46.1 Å². The third kappa shape index (κ3) is 7.74. The molecule has 0 radical (unpaired) electrons. The second kappa shape index (κ2) is 8.06. The number of hydrogen-bond acceptors (Lipinski definition) is 3. The van der Waals surface area contributed by atoms with Gasteiger partial charge in [0.15, 0.2) is 0 Å². The van der Waals surface area contributed by atoms with Gasteiger partial charge in [0.25, 0.3) is 0 Å². The fourth-order valence-electron chi connectivity index (χ4n) is 2.57. The summed E-state index contributed by atoms with van der Waals surface area (Å²) in [5.41, 5.74) is 6.17. The van der Waals surface area contributed by atoms with Crippen LogP contribution in [0.4, 0.5) is 0 Å². The minimum absolute atomic E-state index is 0.123. The van der Waals surface area contributed by atoms with Crippen molar-refractivity contribution >= 4 is 0 Å². The van der Waals surface area contributed by atoms with Gasteiger partial charge in [-0.1, -0.05) is 27.7 Å². The van der Waals surface area contributed by atoms with Gasteiger partial charge in [-0.2, -0.15) is 0 Å². The molecule has 0 heterocycles. The Balaban J connectivity index is 4.44. The van der Waals surface area contributed by atoms with Crippen LogP contribution in [-0.2, 0) is 0 Å². The summed E-state index contributed by atoms with van der Waals surface area (Å²) in [5.74, 6) is 1.37. The van der Waals surface area contributed by atoms with Gasteiger partial charge in [-0.25, -0.2) is 0 Å². The van der Waals surface area contributed by atoms with Crippen molar-refractivity contribution in [1.82, 2.24) is 10.2 Å². The first-order valence-electron chi connectivity index (χ1n) is 6.91. The van der Waals surface area contributed by atoms with Crippen LogP contribution in [0.2, 0.25) is 0 Å². The maximum Gasteiger partial charge on any atom is 0.0309 e. The van der Waals surface area contributed by atoms with E-state index in [0.717, 1.165) is 32.5 Å². The number of rotatable bonds is 9. The average Bonchev–Trinajstić information content (AvgIpc) is 2.14. The quantitative estimate of drug-likeness (QED) is 0.650. The summed E-state index contributed by atoms with van der Waals surface area (Å²) in [7, 11) is 4.22. The minimum Gasteiger partial charge on any atom is -0.329 e. The Kier molecular flexibility index (Phi) is 8.01. The highest BCUT2D eigenvalue weighted by molar-refractivity contribution is 4.91. The Morgan fingerprint density at radius 2 is 1.53 bits per heavy atom. The fourth-order valence-corrected chi connectivity index (χ4v) is 2.57. The van der Waals surface area contributed by atoms with Gasteiger partial charge in [-0.3, -0.25) is 0 Å². The Bertz CT molecular complexity index is 178. The molecule has 0 aromatic rings. The molecule has 0 fully saturated rings. The number of nitrogens with one attached hydrogen (secondary N) is 1. The monoisotopic (exact) mass is 243 g/mol. The van der Waals surface area contributed by atoms with Gasteiger partial charge in [-0.15, -0.1) is 0 Å². The molecule has 3 N–H and O–H groups in total. The maximum absolute atomic E-state index is 6.05. The van der Waals surface area contributed by atoms with Crippen LogP contribution in [0.3, 0.4) is 0 Å². The van der Waals surface area contributed by atoms with Crippen molar-refractivity contribution in [1.29, 1.82) is 0 Å². The topological polar surface area (TPSA) is 41.3 Å². The first kappa shape index (κ1) is 16.9. The third-order valence-corrected chi connectivity index (χ3v) is 3.05. The van der Waals surface area contributed by atoms with Crippen molar-refractivity contribution in [3.63, 3.8) is 0 Å². The normalized spacial score (nSPS) is 13.1. The largest absolute Gasteiger partial charge is 0.329 e. The van der Waals surface area contributed by atoms with E-state index in [9.17, 15) is 0 Å². The first-order valence-corrected chi connectivity index (χ1v) is 6.91. The second-order valence-corrected chi connectivity index (χ2v) is 6.41. The molecular formula is C14H33N3. The van der Waals surface area contributed by atoms with Crippen molar-refractivity contribution in [3.8, 4) is 0 Å². The lowest BCUT2D eigenvalue weighted by Gasteiger charge is -2.37. The number of nitrogens with zero attached hydrogens (tertiary/aromatic N) is 1. The van der Waals surface area contributed by atoms with Crippen LogP contribution in [0, 0.1) is 11.8 Å². The highest BCUT2D eigenvalue weighted by Gasteiger charge is 2.29. The molecule has 0 unspecified atom stereocenters. The van der Waals surface area contributed by atoms with E-state index in [-0.39, 0.29) is 5.54 Å². The Morgan fingerprint density at radius 3 is 1.82 bits per heavy atom. The number of hydrogen-bond donors (Lipinski definition) is 2. The Hall–Kier alpha value is -0.120. The summed E-state index contributed by atoms with van der Waals surface area (Å²) in [5, 5.41) is 3.71. The van der Waals surface area contributed by atoms with Gasteiger partial charge < -0.3 is 16.0 Å². The molecule has 0 aromatic carbocycles. The predicted octanol–water partition coefficient (Wildman–Crippen LogP) is 1.93. The van der Waals surface area contributed by atoms with Gasteiger partial charge in [0.1, 0.15) is 0 Å². The molecule has 0 rings (SSSR count). The van der Waals surface area contributed by atoms with Crippen molar-refractivity contribution in [3.05, 3.63) is 0 Å². The molecule has 0 saturated carbocycles. The zero-order valence-corrected chi connectivity index (χ0v) is 12.7. The van der Waals surface area contributed by atoms with Gasteiger partial charge in [0.05, 0.1) is 0 Å². The van der Waals surface area contributed by atoms with Crippen LogP contribution in [0.1, 0.15) is 40.5 Å². The van der Waals surface area contributed by atoms with Crippen LogP contribution in [-0.4, -0.2) is 44.2 Å². The summed E-state index contributed by atoms with van der Waals surface area (Å²) in [6.07, 6.45) is 2.32. The molecule has 0 atom stereocenters. The summed E-state index contributed by atoms with van der Waals surface area (Å²) >= 11 is 0. The van der Waals surface area contributed by atoms with Gasteiger partial charge >= 0.3 is 0 Å². The van der Waals surface area contributed by atoms with E-state index in [4.69, 9.17) is 5.73 Å². The van der Waals surface area contributed by atoms with E-state index in [0.29, 0.717) is 11.8 Å². The molecule has 0 saturated heterocycles. The highest BCUT2D eigenvalue weighted by atomic mass is 15.1. The molecule has 0 amide bonds. The molecule has 0 aliphatic heterocycles. The molecule has 0 aliphatic carbocycles. The fraction of sp³-hybridized carbons (Fsp3) is 1.00. The minimum atomic E-state index is 0.123. The lowest BCUT2D eigenvalue weighted by atomic mass is 9.82. The van der Waals surface area contributed by atoms with Gasteiger partial charge in [0, 0.05) is 25.2 Å². The molecule has 3 nitrogen and oxygen atoms in total.